The molecule has 0 atom stereocenters. The lowest BCUT2D eigenvalue weighted by Crippen LogP contribution is -2.20. The summed E-state index contributed by atoms with van der Waals surface area (Å²) in [5.74, 6) is 0.698. The maximum Gasteiger partial charge on any atom is 0.123 e. The van der Waals surface area contributed by atoms with Gasteiger partial charge < -0.3 is 15.2 Å². The van der Waals surface area contributed by atoms with Crippen molar-refractivity contribution >= 4 is 5.84 Å². The quantitative estimate of drug-likeness (QED) is 0.618. The number of rotatable bonds is 5. The Morgan fingerprint density at radius 3 is 2.78 bits per heavy atom. The molecule has 18 heavy (non-hydrogen) atoms. The van der Waals surface area contributed by atoms with Crippen LogP contribution in [0.1, 0.15) is 24.0 Å². The number of nitrogen functional groups attached to an aromatic ring is 1. The molecule has 0 bridgehead atoms. The number of hydrogen-bond donors (Lipinski definition) is 2. The lowest BCUT2D eigenvalue weighted by atomic mass is 10.0. The maximum absolute atomic E-state index is 7.51. The molecule has 1 aliphatic rings. The van der Waals surface area contributed by atoms with Crippen molar-refractivity contribution in [3.05, 3.63) is 35.4 Å². The van der Waals surface area contributed by atoms with E-state index in [1.54, 1.807) is 0 Å². The zero-order valence-corrected chi connectivity index (χ0v) is 10.5. The monoisotopic (exact) mass is 248 g/mol. The van der Waals surface area contributed by atoms with Crippen LogP contribution >= 0.6 is 0 Å². The third-order valence-corrected chi connectivity index (χ3v) is 3.26. The summed E-state index contributed by atoms with van der Waals surface area (Å²) in [6, 6.07) is 7.65. The molecular weight excluding hydrogens is 228 g/mol. The summed E-state index contributed by atoms with van der Waals surface area (Å²) in [5, 5.41) is 7.51. The molecule has 0 radical (unpaired) electrons. The van der Waals surface area contributed by atoms with Crippen molar-refractivity contribution in [3.8, 4) is 0 Å². The van der Waals surface area contributed by atoms with Gasteiger partial charge >= 0.3 is 0 Å². The van der Waals surface area contributed by atoms with Gasteiger partial charge in [-0.25, -0.2) is 0 Å². The number of hydrogen-bond acceptors (Lipinski definition) is 3. The van der Waals surface area contributed by atoms with Crippen LogP contribution in [0.25, 0.3) is 0 Å². The lowest BCUT2D eigenvalue weighted by molar-refractivity contribution is 0.0157. The topological polar surface area (TPSA) is 68.3 Å². The van der Waals surface area contributed by atoms with Gasteiger partial charge in [0.2, 0.25) is 0 Å². The van der Waals surface area contributed by atoms with Gasteiger partial charge in [-0.2, -0.15) is 0 Å². The molecule has 98 valence electrons. The highest BCUT2D eigenvalue weighted by Crippen LogP contribution is 2.16. The molecule has 1 fully saturated rings. The number of ether oxygens (including phenoxy) is 2. The van der Waals surface area contributed by atoms with Crippen LogP contribution in [-0.4, -0.2) is 25.7 Å². The van der Waals surface area contributed by atoms with Gasteiger partial charge in [-0.05, 0) is 24.3 Å². The molecule has 3 N–H and O–H groups in total. The summed E-state index contributed by atoms with van der Waals surface area (Å²) >= 11 is 0. The number of nitrogens with two attached hydrogens (primary N) is 1. The molecular formula is C14H20N2O2. The van der Waals surface area contributed by atoms with E-state index in [-0.39, 0.29) is 5.84 Å². The van der Waals surface area contributed by atoms with Crippen LogP contribution in [0, 0.1) is 11.3 Å². The Morgan fingerprint density at radius 2 is 2.06 bits per heavy atom. The van der Waals surface area contributed by atoms with Crippen LogP contribution in [-0.2, 0) is 16.1 Å². The fourth-order valence-electron chi connectivity index (χ4n) is 2.16. The van der Waals surface area contributed by atoms with E-state index >= 15 is 0 Å². The molecule has 1 aliphatic heterocycles. The highest BCUT2D eigenvalue weighted by molar-refractivity contribution is 5.96. The summed E-state index contributed by atoms with van der Waals surface area (Å²) in [6.07, 6.45) is 2.16. The van der Waals surface area contributed by atoms with E-state index in [1.165, 1.54) is 0 Å². The van der Waals surface area contributed by atoms with Crippen molar-refractivity contribution in [2.45, 2.75) is 19.4 Å². The molecule has 2 rings (SSSR count). The molecule has 4 heteroatoms. The van der Waals surface area contributed by atoms with Crippen molar-refractivity contribution in [3.63, 3.8) is 0 Å². The van der Waals surface area contributed by atoms with Crippen LogP contribution in [0.15, 0.2) is 24.3 Å². The average molecular weight is 248 g/mol. The first-order valence-electron chi connectivity index (χ1n) is 6.35. The molecule has 4 nitrogen and oxygen atoms in total. The van der Waals surface area contributed by atoms with Crippen molar-refractivity contribution in [1.29, 1.82) is 5.41 Å². The fraction of sp³-hybridized carbons (Fsp3) is 0.500. The zero-order chi connectivity index (χ0) is 12.8. The minimum absolute atomic E-state index is 0.0975. The first-order valence-corrected chi connectivity index (χ1v) is 6.35. The van der Waals surface area contributed by atoms with Crippen molar-refractivity contribution in [2.75, 3.05) is 19.8 Å². The van der Waals surface area contributed by atoms with Crippen LogP contribution in [0.4, 0.5) is 0 Å². The van der Waals surface area contributed by atoms with Crippen molar-refractivity contribution < 1.29 is 9.47 Å². The molecule has 1 saturated heterocycles. The summed E-state index contributed by atoms with van der Waals surface area (Å²) in [6.45, 7) is 2.97. The van der Waals surface area contributed by atoms with Crippen LogP contribution < -0.4 is 5.73 Å². The normalized spacial score (nSPS) is 16.7. The van der Waals surface area contributed by atoms with Gasteiger partial charge in [-0.3, -0.25) is 5.41 Å². The van der Waals surface area contributed by atoms with Crippen LogP contribution in [0.5, 0.6) is 0 Å². The second kappa shape index (κ2) is 6.52. The average Bonchev–Trinajstić information content (AvgIpc) is 2.40. The summed E-state index contributed by atoms with van der Waals surface area (Å²) in [5.41, 5.74) is 7.29. The Balaban J connectivity index is 1.84. The van der Waals surface area contributed by atoms with Crippen LogP contribution in [0.3, 0.4) is 0 Å². The number of benzene rings is 1. The third kappa shape index (κ3) is 3.55. The SMILES string of the molecule is N=C(N)c1ccccc1COCC1CCOCC1. The second-order valence-corrected chi connectivity index (χ2v) is 4.64. The molecule has 0 aromatic heterocycles. The molecule has 1 aromatic carbocycles. The predicted octanol–water partition coefficient (Wildman–Crippen LogP) is 1.91. The van der Waals surface area contributed by atoms with Gasteiger partial charge in [-0.15, -0.1) is 0 Å². The molecule has 0 aliphatic carbocycles. The van der Waals surface area contributed by atoms with E-state index in [9.17, 15) is 0 Å². The third-order valence-electron chi connectivity index (χ3n) is 3.26. The van der Waals surface area contributed by atoms with Gasteiger partial charge in [0, 0.05) is 18.8 Å². The molecule has 0 spiro atoms. The largest absolute Gasteiger partial charge is 0.384 e. The Morgan fingerprint density at radius 1 is 1.33 bits per heavy atom. The van der Waals surface area contributed by atoms with E-state index in [4.69, 9.17) is 20.6 Å². The fourth-order valence-corrected chi connectivity index (χ4v) is 2.16. The molecule has 0 unspecified atom stereocenters. The number of amidine groups is 1. The first-order chi connectivity index (χ1) is 8.77. The molecule has 1 heterocycles. The maximum atomic E-state index is 7.51. The van der Waals surface area contributed by atoms with Crippen molar-refractivity contribution in [1.82, 2.24) is 0 Å². The highest BCUT2D eigenvalue weighted by atomic mass is 16.5. The predicted molar refractivity (Wildman–Crippen MR) is 70.7 cm³/mol. The molecule has 0 amide bonds. The first kappa shape index (κ1) is 13.1. The smallest absolute Gasteiger partial charge is 0.123 e. The Hall–Kier alpha value is -1.39. The van der Waals surface area contributed by atoms with Gasteiger partial charge in [0.25, 0.3) is 0 Å². The molecule has 0 saturated carbocycles. The van der Waals surface area contributed by atoms with Gasteiger partial charge in [0.1, 0.15) is 5.84 Å². The number of nitrogens with one attached hydrogen (secondary N) is 1. The van der Waals surface area contributed by atoms with Crippen molar-refractivity contribution in [2.24, 2.45) is 11.7 Å². The Bertz CT molecular complexity index is 401. The van der Waals surface area contributed by atoms with E-state index in [1.807, 2.05) is 24.3 Å². The van der Waals surface area contributed by atoms with Crippen LogP contribution in [0.2, 0.25) is 0 Å². The second-order valence-electron chi connectivity index (χ2n) is 4.64. The zero-order valence-electron chi connectivity index (χ0n) is 10.5. The Labute approximate surface area is 108 Å². The van der Waals surface area contributed by atoms with Gasteiger partial charge in [-0.1, -0.05) is 24.3 Å². The van der Waals surface area contributed by atoms with E-state index < -0.39 is 0 Å². The summed E-state index contributed by atoms with van der Waals surface area (Å²) < 4.78 is 11.1. The summed E-state index contributed by atoms with van der Waals surface area (Å²) in [4.78, 5) is 0. The Kier molecular flexibility index (Phi) is 4.73. The van der Waals surface area contributed by atoms with Gasteiger partial charge in [0.15, 0.2) is 0 Å². The highest BCUT2D eigenvalue weighted by Gasteiger charge is 2.14. The minimum Gasteiger partial charge on any atom is -0.384 e. The molecule has 1 aromatic rings. The minimum atomic E-state index is 0.0975. The standard InChI is InChI=1S/C14H20N2O2/c15-14(16)13-4-2-1-3-12(13)10-18-9-11-5-7-17-8-6-11/h1-4,11H,5-10H2,(H3,15,16). The van der Waals surface area contributed by atoms with Gasteiger partial charge in [0.05, 0.1) is 13.2 Å². The van der Waals surface area contributed by atoms with E-state index in [0.29, 0.717) is 12.5 Å². The lowest BCUT2D eigenvalue weighted by Gasteiger charge is -2.22. The van der Waals surface area contributed by atoms with E-state index in [2.05, 4.69) is 0 Å². The van der Waals surface area contributed by atoms with E-state index in [0.717, 1.165) is 43.8 Å². The summed E-state index contributed by atoms with van der Waals surface area (Å²) in [7, 11) is 0.